The van der Waals surface area contributed by atoms with Gasteiger partial charge in [-0.15, -0.1) is 0 Å². The van der Waals surface area contributed by atoms with Crippen LogP contribution in [-0.4, -0.2) is 35.0 Å². The molecule has 0 radical (unpaired) electrons. The summed E-state index contributed by atoms with van der Waals surface area (Å²) < 4.78 is 32.8. The Morgan fingerprint density at radius 2 is 1.78 bits per heavy atom. The summed E-state index contributed by atoms with van der Waals surface area (Å²) in [6.45, 7) is 2.65. The lowest BCUT2D eigenvalue weighted by molar-refractivity contribution is 0.0985. The molecule has 0 unspecified atom stereocenters. The van der Waals surface area contributed by atoms with E-state index in [1.165, 1.54) is 23.5 Å². The van der Waals surface area contributed by atoms with E-state index in [-0.39, 0.29) is 10.8 Å². The number of anilines is 2. The third kappa shape index (κ3) is 4.08. The van der Waals surface area contributed by atoms with Gasteiger partial charge in [0.2, 0.25) is 0 Å². The van der Waals surface area contributed by atoms with Crippen molar-refractivity contribution < 1.29 is 17.9 Å². The standard InChI is InChI=1S/C25H26N2O4S/c1-18-9-14-24-19(16-18)7-5-15-27(24)25(28)20-6-4-8-23(17-20)32(29,30)26(2)21-10-12-22(31-3)13-11-21/h4,6,8-14,16-17H,5,7,15H2,1-3H3. The monoisotopic (exact) mass is 450 g/mol. The van der Waals surface area contributed by atoms with Crippen LogP contribution in [0.3, 0.4) is 0 Å². The maximum absolute atomic E-state index is 13.3. The highest BCUT2D eigenvalue weighted by molar-refractivity contribution is 7.92. The van der Waals surface area contributed by atoms with Gasteiger partial charge in [-0.25, -0.2) is 8.42 Å². The lowest BCUT2D eigenvalue weighted by Crippen LogP contribution is -2.35. The van der Waals surface area contributed by atoms with Crippen molar-refractivity contribution in [1.29, 1.82) is 0 Å². The largest absolute Gasteiger partial charge is 0.497 e. The van der Waals surface area contributed by atoms with Crippen molar-refractivity contribution in [3.63, 3.8) is 0 Å². The Hall–Kier alpha value is -3.32. The number of nitrogens with zero attached hydrogens (tertiary/aromatic N) is 2. The van der Waals surface area contributed by atoms with Gasteiger partial charge in [0.05, 0.1) is 17.7 Å². The summed E-state index contributed by atoms with van der Waals surface area (Å²) in [4.78, 5) is 15.2. The molecule has 1 aliphatic rings. The Balaban J connectivity index is 1.64. The van der Waals surface area contributed by atoms with Crippen molar-refractivity contribution in [3.8, 4) is 5.75 Å². The molecule has 0 atom stereocenters. The molecular weight excluding hydrogens is 424 g/mol. The second-order valence-corrected chi connectivity index (χ2v) is 9.86. The first-order valence-electron chi connectivity index (χ1n) is 10.5. The van der Waals surface area contributed by atoms with Crippen molar-refractivity contribution in [1.82, 2.24) is 0 Å². The fourth-order valence-corrected chi connectivity index (χ4v) is 5.21. The van der Waals surface area contributed by atoms with Gasteiger partial charge in [0.15, 0.2) is 0 Å². The number of rotatable bonds is 5. The molecule has 0 bridgehead atoms. The number of fused-ring (bicyclic) bond motifs is 1. The second kappa shape index (κ2) is 8.67. The summed E-state index contributed by atoms with van der Waals surface area (Å²) in [6.07, 6.45) is 1.81. The van der Waals surface area contributed by atoms with Crippen LogP contribution in [0.1, 0.15) is 27.9 Å². The zero-order valence-electron chi connectivity index (χ0n) is 18.4. The fraction of sp³-hybridized carbons (Fsp3) is 0.240. The molecule has 0 N–H and O–H groups in total. The number of sulfonamides is 1. The molecule has 1 heterocycles. The van der Waals surface area contributed by atoms with Gasteiger partial charge in [0.1, 0.15) is 5.75 Å². The van der Waals surface area contributed by atoms with Gasteiger partial charge < -0.3 is 9.64 Å². The van der Waals surface area contributed by atoms with Gasteiger partial charge in [-0.1, -0.05) is 23.8 Å². The molecule has 0 aliphatic carbocycles. The molecule has 0 saturated carbocycles. The average Bonchev–Trinajstić information content (AvgIpc) is 2.82. The van der Waals surface area contributed by atoms with Crippen molar-refractivity contribution >= 4 is 27.3 Å². The number of carbonyl (C=O) groups excluding carboxylic acids is 1. The first-order chi connectivity index (χ1) is 15.3. The molecule has 0 saturated heterocycles. The van der Waals surface area contributed by atoms with Crippen LogP contribution in [0.15, 0.2) is 71.6 Å². The van der Waals surface area contributed by atoms with Crippen LogP contribution in [0.5, 0.6) is 5.75 Å². The summed E-state index contributed by atoms with van der Waals surface area (Å²) in [5, 5.41) is 0. The van der Waals surface area contributed by atoms with Crippen LogP contribution in [0, 0.1) is 6.92 Å². The van der Waals surface area contributed by atoms with E-state index in [1.54, 1.807) is 48.4 Å². The van der Waals surface area contributed by atoms with Gasteiger partial charge in [-0.3, -0.25) is 9.10 Å². The summed E-state index contributed by atoms with van der Waals surface area (Å²) in [6, 6.07) is 19.1. The van der Waals surface area contributed by atoms with E-state index in [9.17, 15) is 13.2 Å². The normalized spacial score (nSPS) is 13.4. The Morgan fingerprint density at radius 1 is 1.03 bits per heavy atom. The molecule has 0 fully saturated rings. The highest BCUT2D eigenvalue weighted by Gasteiger charge is 2.26. The van der Waals surface area contributed by atoms with Gasteiger partial charge in [0.25, 0.3) is 15.9 Å². The first kappa shape index (κ1) is 21.9. The summed E-state index contributed by atoms with van der Waals surface area (Å²) in [5.74, 6) is 0.447. The minimum Gasteiger partial charge on any atom is -0.497 e. The van der Waals surface area contributed by atoms with Crippen molar-refractivity contribution in [2.75, 3.05) is 29.9 Å². The van der Waals surface area contributed by atoms with E-state index in [4.69, 9.17) is 4.74 Å². The molecular formula is C25H26N2O4S. The Morgan fingerprint density at radius 3 is 2.50 bits per heavy atom. The third-order valence-corrected chi connectivity index (χ3v) is 7.56. The molecule has 7 heteroatoms. The molecule has 3 aromatic rings. The molecule has 1 amide bonds. The van der Waals surface area contributed by atoms with Crippen LogP contribution < -0.4 is 13.9 Å². The minimum atomic E-state index is -3.84. The number of hydrogen-bond acceptors (Lipinski definition) is 4. The van der Waals surface area contributed by atoms with Crippen LogP contribution >= 0.6 is 0 Å². The third-order valence-electron chi connectivity index (χ3n) is 5.77. The predicted molar refractivity (Wildman–Crippen MR) is 126 cm³/mol. The number of carbonyl (C=O) groups is 1. The van der Waals surface area contributed by atoms with Crippen LogP contribution in [-0.2, 0) is 16.4 Å². The van der Waals surface area contributed by atoms with Crippen molar-refractivity contribution in [2.24, 2.45) is 0 Å². The quantitative estimate of drug-likeness (QED) is 0.577. The number of hydrogen-bond donors (Lipinski definition) is 0. The lowest BCUT2D eigenvalue weighted by Gasteiger charge is -2.30. The number of ether oxygens (including phenoxy) is 1. The van der Waals surface area contributed by atoms with Crippen LogP contribution in [0.2, 0.25) is 0 Å². The Bertz CT molecular complexity index is 1250. The molecule has 0 spiro atoms. The zero-order chi connectivity index (χ0) is 22.9. The van der Waals surface area contributed by atoms with Gasteiger partial charge in [-0.05, 0) is 73.9 Å². The number of methoxy groups -OCH3 is 1. The summed E-state index contributed by atoms with van der Waals surface area (Å²) >= 11 is 0. The van der Waals surface area contributed by atoms with E-state index >= 15 is 0 Å². The molecule has 166 valence electrons. The van der Waals surface area contributed by atoms with Crippen LogP contribution in [0.25, 0.3) is 0 Å². The van der Waals surface area contributed by atoms with Crippen molar-refractivity contribution in [2.45, 2.75) is 24.7 Å². The lowest BCUT2D eigenvalue weighted by atomic mass is 9.99. The van der Waals surface area contributed by atoms with Gasteiger partial charge in [-0.2, -0.15) is 0 Å². The minimum absolute atomic E-state index is 0.0720. The van der Waals surface area contributed by atoms with E-state index in [1.807, 2.05) is 19.1 Å². The number of amides is 1. The molecule has 3 aromatic carbocycles. The highest BCUT2D eigenvalue weighted by atomic mass is 32.2. The smallest absolute Gasteiger partial charge is 0.264 e. The molecule has 32 heavy (non-hydrogen) atoms. The highest BCUT2D eigenvalue weighted by Crippen LogP contribution is 2.30. The Labute approximate surface area is 189 Å². The number of aryl methyl sites for hydroxylation is 2. The molecule has 4 rings (SSSR count). The number of benzene rings is 3. The Kier molecular flexibility index (Phi) is 5.93. The van der Waals surface area contributed by atoms with E-state index in [2.05, 4.69) is 6.07 Å². The summed E-state index contributed by atoms with van der Waals surface area (Å²) in [7, 11) is -0.792. The first-order valence-corrected chi connectivity index (χ1v) is 11.9. The van der Waals surface area contributed by atoms with Gasteiger partial charge >= 0.3 is 0 Å². The summed E-state index contributed by atoms with van der Waals surface area (Å²) in [5.41, 5.74) is 4.06. The molecule has 1 aliphatic heterocycles. The molecule has 6 nitrogen and oxygen atoms in total. The van der Waals surface area contributed by atoms with Crippen LogP contribution in [0.4, 0.5) is 11.4 Å². The molecule has 0 aromatic heterocycles. The maximum Gasteiger partial charge on any atom is 0.264 e. The van der Waals surface area contributed by atoms with Gasteiger partial charge in [0, 0.05) is 24.8 Å². The fourth-order valence-electron chi connectivity index (χ4n) is 3.97. The SMILES string of the molecule is COc1ccc(N(C)S(=O)(=O)c2cccc(C(=O)N3CCCc4cc(C)ccc43)c2)cc1. The average molecular weight is 451 g/mol. The second-order valence-electron chi connectivity index (χ2n) is 7.89. The van der Waals surface area contributed by atoms with E-state index in [0.717, 1.165) is 29.7 Å². The van der Waals surface area contributed by atoms with E-state index < -0.39 is 10.0 Å². The maximum atomic E-state index is 13.3. The zero-order valence-corrected chi connectivity index (χ0v) is 19.2. The van der Waals surface area contributed by atoms with Crippen molar-refractivity contribution in [3.05, 3.63) is 83.4 Å². The topological polar surface area (TPSA) is 66.9 Å². The van der Waals surface area contributed by atoms with E-state index in [0.29, 0.717) is 23.5 Å². The predicted octanol–water partition coefficient (Wildman–Crippen LogP) is 4.42.